The molecule has 4 heterocycles. The average Bonchev–Trinajstić information content (AvgIpc) is 3.01. The van der Waals surface area contributed by atoms with E-state index in [-0.39, 0.29) is 34.9 Å². The minimum Gasteiger partial charge on any atom is -0.461 e. The number of ether oxygens (including phenoxy) is 1. The molecule has 1 aromatic heterocycles. The van der Waals surface area contributed by atoms with E-state index >= 15 is 0 Å². The molecule has 0 spiro atoms. The maximum absolute atomic E-state index is 13.0. The quantitative estimate of drug-likeness (QED) is 0.540. The van der Waals surface area contributed by atoms with Crippen LogP contribution in [0.4, 0.5) is 0 Å². The molecule has 0 aromatic carbocycles. The van der Waals surface area contributed by atoms with Crippen LogP contribution >= 0.6 is 0 Å². The van der Waals surface area contributed by atoms with Crippen LogP contribution in [0.1, 0.15) is 57.6 Å². The number of piperidine rings is 1. The van der Waals surface area contributed by atoms with E-state index in [9.17, 15) is 9.59 Å². The van der Waals surface area contributed by atoms with E-state index in [4.69, 9.17) is 4.74 Å². The Kier molecular flexibility index (Phi) is 4.51. The predicted octanol–water partition coefficient (Wildman–Crippen LogP) is 3.58. The fraction of sp³-hybridized carbons (Fsp3) is 0.692. The van der Waals surface area contributed by atoms with E-state index < -0.39 is 0 Å². The molecule has 2 bridgehead atoms. The summed E-state index contributed by atoms with van der Waals surface area (Å²) in [6.07, 6.45) is 8.45. The zero-order chi connectivity index (χ0) is 21.3. The van der Waals surface area contributed by atoms with E-state index in [1.165, 1.54) is 25.0 Å². The molecule has 2 aliphatic carbocycles. The summed E-state index contributed by atoms with van der Waals surface area (Å²) in [6.45, 7) is 8.26. The van der Waals surface area contributed by atoms with Gasteiger partial charge < -0.3 is 14.2 Å². The molecule has 5 heteroatoms. The molecule has 6 rings (SSSR count). The fourth-order valence-electron chi connectivity index (χ4n) is 7.68. The minimum atomic E-state index is -0.0482. The van der Waals surface area contributed by atoms with Gasteiger partial charge in [-0.1, -0.05) is 38.0 Å². The Morgan fingerprint density at radius 3 is 2.94 bits per heavy atom. The normalized spacial score (nSPS) is 41.6. The van der Waals surface area contributed by atoms with Crippen LogP contribution < -0.4 is 5.56 Å². The Bertz CT molecular complexity index is 997. The average molecular weight is 423 g/mol. The van der Waals surface area contributed by atoms with Crippen molar-refractivity contribution >= 4 is 5.97 Å². The number of pyridine rings is 1. The first-order chi connectivity index (χ1) is 14.9. The summed E-state index contributed by atoms with van der Waals surface area (Å²) in [5.41, 5.74) is 3.10. The SMILES string of the molecule is C[C@H]1CCC[C@@]2(C)C[C@@H]3OC(=O)[C@@H](CN4C[C@@H]5C[C@H](C4)c4cccc(=O)n4C5)[C@@H]3C=C12. The van der Waals surface area contributed by atoms with Crippen molar-refractivity contribution in [1.82, 2.24) is 9.47 Å². The van der Waals surface area contributed by atoms with E-state index in [0.29, 0.717) is 17.8 Å². The smallest absolute Gasteiger partial charge is 0.311 e. The highest BCUT2D eigenvalue weighted by Gasteiger charge is 2.52. The van der Waals surface area contributed by atoms with Gasteiger partial charge in [0.1, 0.15) is 6.10 Å². The zero-order valence-electron chi connectivity index (χ0n) is 18.8. The van der Waals surface area contributed by atoms with Crippen molar-refractivity contribution in [2.24, 2.45) is 29.1 Å². The summed E-state index contributed by atoms with van der Waals surface area (Å²) in [7, 11) is 0. The Morgan fingerprint density at radius 1 is 1.19 bits per heavy atom. The summed E-state index contributed by atoms with van der Waals surface area (Å²) >= 11 is 0. The number of rotatable bonds is 2. The minimum absolute atomic E-state index is 0.00843. The van der Waals surface area contributed by atoms with Crippen molar-refractivity contribution < 1.29 is 9.53 Å². The molecule has 0 amide bonds. The fourth-order valence-corrected chi connectivity index (χ4v) is 7.68. The molecular formula is C26H34N2O3. The Balaban J connectivity index is 1.24. The third-order valence-electron chi connectivity index (χ3n) is 9.09. The van der Waals surface area contributed by atoms with E-state index in [1.807, 2.05) is 10.6 Å². The van der Waals surface area contributed by atoms with Crippen LogP contribution in [0.3, 0.4) is 0 Å². The monoisotopic (exact) mass is 422 g/mol. The van der Waals surface area contributed by atoms with Crippen molar-refractivity contribution in [3.8, 4) is 0 Å². The number of aromatic nitrogens is 1. The lowest BCUT2D eigenvalue weighted by Gasteiger charge is -2.46. The van der Waals surface area contributed by atoms with E-state index in [2.05, 4.69) is 30.9 Å². The zero-order valence-corrected chi connectivity index (χ0v) is 18.8. The van der Waals surface area contributed by atoms with Gasteiger partial charge in [0.25, 0.3) is 5.56 Å². The lowest BCUT2D eigenvalue weighted by atomic mass is 9.59. The summed E-state index contributed by atoms with van der Waals surface area (Å²) < 4.78 is 7.96. The number of carbonyl (C=O) groups is 1. The number of carbonyl (C=O) groups excluding carboxylic acids is 1. The molecule has 5 aliphatic rings. The predicted molar refractivity (Wildman–Crippen MR) is 119 cm³/mol. The highest BCUT2D eigenvalue weighted by molar-refractivity contribution is 5.76. The number of allylic oxidation sites excluding steroid dienone is 1. The molecule has 2 saturated heterocycles. The molecule has 166 valence electrons. The first-order valence-electron chi connectivity index (χ1n) is 12.3. The standard InChI is InChI=1S/C26H34N2O3/c1-16-5-4-8-26(2)11-23-19(10-21(16)26)20(25(30)31-23)15-27-12-17-9-18(14-27)22-6-3-7-24(29)28(22)13-17/h3,6-7,10,16-20,23H,4-5,8-9,11-15H2,1-2H3/t16-,17-,18+,19-,20-,23-,26-/m0/s1. The molecule has 3 aliphatic heterocycles. The molecule has 31 heavy (non-hydrogen) atoms. The second-order valence-corrected chi connectivity index (χ2v) is 11.3. The lowest BCUT2D eigenvalue weighted by molar-refractivity contribution is -0.145. The Morgan fingerprint density at radius 2 is 2.06 bits per heavy atom. The Hall–Kier alpha value is -1.88. The van der Waals surface area contributed by atoms with Crippen LogP contribution in [0.15, 0.2) is 34.6 Å². The number of esters is 1. The molecule has 1 saturated carbocycles. The van der Waals surface area contributed by atoms with Crippen molar-refractivity contribution in [2.75, 3.05) is 19.6 Å². The van der Waals surface area contributed by atoms with Gasteiger partial charge >= 0.3 is 5.97 Å². The molecule has 7 atom stereocenters. The largest absolute Gasteiger partial charge is 0.461 e. The highest BCUT2D eigenvalue weighted by Crippen LogP contribution is 2.54. The second kappa shape index (κ2) is 7.06. The van der Waals surface area contributed by atoms with Gasteiger partial charge in [-0.05, 0) is 49.0 Å². The number of nitrogens with zero attached hydrogens (tertiary/aromatic N) is 2. The van der Waals surface area contributed by atoms with Gasteiger partial charge in [0.15, 0.2) is 0 Å². The number of fused-ring (bicyclic) bond motifs is 6. The topological polar surface area (TPSA) is 51.5 Å². The lowest BCUT2D eigenvalue weighted by Crippen LogP contribution is -2.49. The van der Waals surface area contributed by atoms with Gasteiger partial charge in [0.2, 0.25) is 0 Å². The van der Waals surface area contributed by atoms with Crippen LogP contribution in [0.5, 0.6) is 0 Å². The van der Waals surface area contributed by atoms with E-state index in [1.54, 1.807) is 11.6 Å². The van der Waals surface area contributed by atoms with Gasteiger partial charge in [-0.3, -0.25) is 9.59 Å². The Labute approximate surface area is 184 Å². The van der Waals surface area contributed by atoms with Crippen molar-refractivity contribution in [3.05, 3.63) is 45.9 Å². The van der Waals surface area contributed by atoms with Crippen molar-refractivity contribution in [1.29, 1.82) is 0 Å². The third kappa shape index (κ3) is 3.14. The van der Waals surface area contributed by atoms with Crippen molar-refractivity contribution in [2.45, 2.75) is 64.5 Å². The van der Waals surface area contributed by atoms with Gasteiger partial charge in [-0.2, -0.15) is 0 Å². The molecular weight excluding hydrogens is 388 g/mol. The number of hydrogen-bond donors (Lipinski definition) is 0. The third-order valence-corrected chi connectivity index (χ3v) is 9.09. The van der Waals surface area contributed by atoms with Crippen LogP contribution in [-0.2, 0) is 16.1 Å². The summed E-state index contributed by atoms with van der Waals surface area (Å²) in [5, 5.41) is 0. The molecule has 0 unspecified atom stereocenters. The van der Waals surface area contributed by atoms with E-state index in [0.717, 1.165) is 39.0 Å². The number of likely N-dealkylation sites (tertiary alicyclic amines) is 1. The molecule has 3 fully saturated rings. The molecule has 0 N–H and O–H groups in total. The first-order valence-corrected chi connectivity index (χ1v) is 12.3. The summed E-state index contributed by atoms with van der Waals surface area (Å²) in [4.78, 5) is 27.8. The van der Waals surface area contributed by atoms with Crippen LogP contribution in [0.2, 0.25) is 0 Å². The van der Waals surface area contributed by atoms with Gasteiger partial charge in [0.05, 0.1) is 5.92 Å². The summed E-state index contributed by atoms with van der Waals surface area (Å²) in [5.74, 6) is 1.70. The van der Waals surface area contributed by atoms with Crippen LogP contribution in [0.25, 0.3) is 0 Å². The van der Waals surface area contributed by atoms with Crippen LogP contribution in [0, 0.1) is 29.1 Å². The second-order valence-electron chi connectivity index (χ2n) is 11.3. The van der Waals surface area contributed by atoms with Crippen LogP contribution in [-0.4, -0.2) is 41.2 Å². The maximum atomic E-state index is 13.0. The van der Waals surface area contributed by atoms with Gasteiger partial charge in [-0.15, -0.1) is 0 Å². The van der Waals surface area contributed by atoms with Gasteiger partial charge in [-0.25, -0.2) is 0 Å². The molecule has 1 aromatic rings. The maximum Gasteiger partial charge on any atom is 0.311 e. The van der Waals surface area contributed by atoms with Crippen molar-refractivity contribution in [3.63, 3.8) is 0 Å². The van der Waals surface area contributed by atoms with Gasteiger partial charge in [0, 0.05) is 49.8 Å². The first kappa shape index (κ1) is 19.8. The number of hydrogen-bond acceptors (Lipinski definition) is 4. The molecule has 5 nitrogen and oxygen atoms in total. The summed E-state index contributed by atoms with van der Waals surface area (Å²) in [6, 6.07) is 5.68. The highest BCUT2D eigenvalue weighted by atomic mass is 16.6. The molecule has 0 radical (unpaired) electrons.